The Kier molecular flexibility index (Phi) is 3.70. The Morgan fingerprint density at radius 3 is 2.62 bits per heavy atom. The third-order valence-corrected chi connectivity index (χ3v) is 3.77. The largest absolute Gasteiger partial charge is 0.306 e. The zero-order valence-electron chi connectivity index (χ0n) is 10.8. The zero-order valence-corrected chi connectivity index (χ0v) is 11.6. The zero-order chi connectivity index (χ0) is 14.7. The number of benzene rings is 1. The molecule has 0 atom stereocenters. The standard InChI is InChI=1S/C15H10FN3OS/c16-11-6-4-10(5-7-11)15-18-9-12(21-15)14(20)19-13-3-1-2-8-17-13/h1-9H,(H,17,19,20). The van der Waals surface area contributed by atoms with E-state index in [1.54, 1.807) is 36.5 Å². The summed E-state index contributed by atoms with van der Waals surface area (Å²) in [7, 11) is 0. The van der Waals surface area contributed by atoms with Gasteiger partial charge >= 0.3 is 0 Å². The van der Waals surface area contributed by atoms with Gasteiger partial charge in [0.1, 0.15) is 21.5 Å². The first-order valence-electron chi connectivity index (χ1n) is 6.16. The summed E-state index contributed by atoms with van der Waals surface area (Å²) in [5.74, 6) is -0.0813. The van der Waals surface area contributed by atoms with Crippen molar-refractivity contribution in [2.45, 2.75) is 0 Å². The quantitative estimate of drug-likeness (QED) is 0.804. The Morgan fingerprint density at radius 2 is 1.90 bits per heavy atom. The molecule has 1 aromatic carbocycles. The summed E-state index contributed by atoms with van der Waals surface area (Å²) in [4.78, 5) is 20.8. The highest BCUT2D eigenvalue weighted by Gasteiger charge is 2.12. The predicted octanol–water partition coefficient (Wildman–Crippen LogP) is 3.60. The van der Waals surface area contributed by atoms with Crippen LogP contribution in [0.2, 0.25) is 0 Å². The molecule has 2 aromatic heterocycles. The minimum absolute atomic E-state index is 0.264. The van der Waals surface area contributed by atoms with Crippen molar-refractivity contribution in [2.75, 3.05) is 5.32 Å². The lowest BCUT2D eigenvalue weighted by Crippen LogP contribution is -2.10. The molecule has 3 rings (SSSR count). The normalized spacial score (nSPS) is 10.3. The Labute approximate surface area is 124 Å². The number of carbonyl (C=O) groups excluding carboxylic acids is 1. The summed E-state index contributed by atoms with van der Waals surface area (Å²) in [5, 5.41) is 3.36. The predicted molar refractivity (Wildman–Crippen MR) is 79.7 cm³/mol. The van der Waals surface area contributed by atoms with Crippen molar-refractivity contribution < 1.29 is 9.18 Å². The molecular weight excluding hydrogens is 289 g/mol. The van der Waals surface area contributed by atoms with E-state index in [2.05, 4.69) is 15.3 Å². The molecule has 0 saturated heterocycles. The SMILES string of the molecule is O=C(Nc1ccccn1)c1cnc(-c2ccc(F)cc2)s1. The smallest absolute Gasteiger partial charge is 0.268 e. The summed E-state index contributed by atoms with van der Waals surface area (Å²) in [6, 6.07) is 11.3. The van der Waals surface area contributed by atoms with Crippen LogP contribution in [-0.2, 0) is 0 Å². The van der Waals surface area contributed by atoms with Crippen LogP contribution in [0.3, 0.4) is 0 Å². The molecule has 21 heavy (non-hydrogen) atoms. The van der Waals surface area contributed by atoms with Gasteiger partial charge in [-0.2, -0.15) is 0 Å². The number of rotatable bonds is 3. The number of anilines is 1. The monoisotopic (exact) mass is 299 g/mol. The molecule has 0 saturated carbocycles. The summed E-state index contributed by atoms with van der Waals surface area (Å²) >= 11 is 1.25. The van der Waals surface area contributed by atoms with Crippen molar-refractivity contribution in [1.82, 2.24) is 9.97 Å². The average molecular weight is 299 g/mol. The third-order valence-electron chi connectivity index (χ3n) is 2.73. The van der Waals surface area contributed by atoms with E-state index in [0.29, 0.717) is 15.7 Å². The number of thiazole rings is 1. The van der Waals surface area contributed by atoms with Crippen LogP contribution in [0.4, 0.5) is 10.2 Å². The summed E-state index contributed by atoms with van der Waals surface area (Å²) in [5.41, 5.74) is 0.776. The fraction of sp³-hybridized carbons (Fsp3) is 0. The van der Waals surface area contributed by atoms with Crippen LogP contribution in [0.15, 0.2) is 54.9 Å². The van der Waals surface area contributed by atoms with E-state index in [0.717, 1.165) is 5.56 Å². The second-order valence-electron chi connectivity index (χ2n) is 4.21. The van der Waals surface area contributed by atoms with E-state index < -0.39 is 0 Å². The highest BCUT2D eigenvalue weighted by molar-refractivity contribution is 7.17. The van der Waals surface area contributed by atoms with Crippen LogP contribution < -0.4 is 5.32 Å². The van der Waals surface area contributed by atoms with Crippen LogP contribution in [0.25, 0.3) is 10.6 Å². The molecule has 3 aromatic rings. The molecule has 6 heteroatoms. The van der Waals surface area contributed by atoms with Gasteiger partial charge in [-0.3, -0.25) is 4.79 Å². The highest BCUT2D eigenvalue weighted by Crippen LogP contribution is 2.25. The first-order valence-corrected chi connectivity index (χ1v) is 6.98. The van der Waals surface area contributed by atoms with E-state index in [4.69, 9.17) is 0 Å². The van der Waals surface area contributed by atoms with Crippen molar-refractivity contribution in [3.8, 4) is 10.6 Å². The summed E-state index contributed by atoms with van der Waals surface area (Å²) in [6.45, 7) is 0. The van der Waals surface area contributed by atoms with Crippen molar-refractivity contribution >= 4 is 23.1 Å². The van der Waals surface area contributed by atoms with Gasteiger partial charge in [-0.25, -0.2) is 14.4 Å². The molecule has 0 radical (unpaired) electrons. The number of halogens is 1. The van der Waals surface area contributed by atoms with E-state index in [9.17, 15) is 9.18 Å². The summed E-state index contributed by atoms with van der Waals surface area (Å²) in [6.07, 6.45) is 3.11. The Balaban J connectivity index is 1.78. The van der Waals surface area contributed by atoms with Crippen molar-refractivity contribution in [3.63, 3.8) is 0 Å². The van der Waals surface area contributed by atoms with Crippen LogP contribution in [-0.4, -0.2) is 15.9 Å². The number of amides is 1. The molecule has 0 spiro atoms. The van der Waals surface area contributed by atoms with E-state index in [-0.39, 0.29) is 11.7 Å². The van der Waals surface area contributed by atoms with Gasteiger partial charge in [-0.1, -0.05) is 6.07 Å². The first kappa shape index (κ1) is 13.4. The second-order valence-corrected chi connectivity index (χ2v) is 5.24. The van der Waals surface area contributed by atoms with Gasteiger partial charge in [-0.15, -0.1) is 11.3 Å². The highest BCUT2D eigenvalue weighted by atomic mass is 32.1. The van der Waals surface area contributed by atoms with Gasteiger partial charge in [0, 0.05) is 11.8 Å². The van der Waals surface area contributed by atoms with Gasteiger partial charge < -0.3 is 5.32 Å². The number of pyridine rings is 1. The lowest BCUT2D eigenvalue weighted by atomic mass is 10.2. The molecule has 0 aliphatic heterocycles. The lowest BCUT2D eigenvalue weighted by molar-refractivity contribution is 0.103. The molecule has 4 nitrogen and oxygen atoms in total. The molecular formula is C15H10FN3OS. The van der Waals surface area contributed by atoms with Gasteiger partial charge in [0.05, 0.1) is 6.20 Å². The molecule has 104 valence electrons. The number of aromatic nitrogens is 2. The van der Waals surface area contributed by atoms with Crippen molar-refractivity contribution in [1.29, 1.82) is 0 Å². The molecule has 0 unspecified atom stereocenters. The molecule has 1 amide bonds. The van der Waals surface area contributed by atoms with Gasteiger partial charge in [-0.05, 0) is 36.4 Å². The average Bonchev–Trinajstić information content (AvgIpc) is 2.99. The minimum atomic E-state index is -0.302. The lowest BCUT2D eigenvalue weighted by Gasteiger charge is -2.00. The van der Waals surface area contributed by atoms with Crippen molar-refractivity contribution in [2.24, 2.45) is 0 Å². The molecule has 0 fully saturated rings. The maximum atomic E-state index is 12.9. The Morgan fingerprint density at radius 1 is 1.10 bits per heavy atom. The van der Waals surface area contributed by atoms with E-state index in [1.165, 1.54) is 29.7 Å². The van der Waals surface area contributed by atoms with Crippen LogP contribution in [0.1, 0.15) is 9.67 Å². The molecule has 0 aliphatic carbocycles. The fourth-order valence-corrected chi connectivity index (χ4v) is 2.54. The number of hydrogen-bond acceptors (Lipinski definition) is 4. The van der Waals surface area contributed by atoms with Gasteiger partial charge in [0.2, 0.25) is 0 Å². The Bertz CT molecular complexity index is 756. The molecule has 1 N–H and O–H groups in total. The molecule has 0 bridgehead atoms. The van der Waals surface area contributed by atoms with E-state index in [1.807, 2.05) is 0 Å². The molecule has 2 heterocycles. The van der Waals surface area contributed by atoms with Gasteiger partial charge in [0.15, 0.2) is 0 Å². The fourth-order valence-electron chi connectivity index (χ4n) is 1.72. The number of nitrogens with one attached hydrogen (secondary N) is 1. The number of carbonyl (C=O) groups is 1. The maximum Gasteiger partial charge on any atom is 0.268 e. The van der Waals surface area contributed by atoms with Crippen LogP contribution in [0, 0.1) is 5.82 Å². The Hall–Kier alpha value is -2.60. The minimum Gasteiger partial charge on any atom is -0.306 e. The maximum absolute atomic E-state index is 12.9. The number of nitrogens with zero attached hydrogens (tertiary/aromatic N) is 2. The topological polar surface area (TPSA) is 54.9 Å². The van der Waals surface area contributed by atoms with E-state index >= 15 is 0 Å². The first-order chi connectivity index (χ1) is 10.2. The summed E-state index contributed by atoms with van der Waals surface area (Å²) < 4.78 is 12.9. The number of hydrogen-bond donors (Lipinski definition) is 1. The van der Waals surface area contributed by atoms with Crippen molar-refractivity contribution in [3.05, 3.63) is 65.6 Å². The van der Waals surface area contributed by atoms with Gasteiger partial charge in [0.25, 0.3) is 5.91 Å². The third kappa shape index (κ3) is 3.11. The molecule has 0 aliphatic rings. The second kappa shape index (κ2) is 5.80. The van der Waals surface area contributed by atoms with Crippen LogP contribution in [0.5, 0.6) is 0 Å². The van der Waals surface area contributed by atoms with Crippen LogP contribution >= 0.6 is 11.3 Å².